The summed E-state index contributed by atoms with van der Waals surface area (Å²) < 4.78 is -0.827. The molecule has 3 aliphatic rings. The van der Waals surface area contributed by atoms with E-state index in [1.165, 1.54) is 0 Å². The van der Waals surface area contributed by atoms with Crippen LogP contribution in [0.25, 0.3) is 0 Å². The van der Waals surface area contributed by atoms with Crippen LogP contribution in [0, 0.1) is 23.7 Å². The lowest BCUT2D eigenvalue weighted by Gasteiger charge is -2.42. The molecule has 234 valence electrons. The van der Waals surface area contributed by atoms with E-state index in [1.54, 1.807) is 62.9 Å². The smallest absolute Gasteiger partial charge is 0.251 e. The Labute approximate surface area is 269 Å². The van der Waals surface area contributed by atoms with Crippen LogP contribution in [0.15, 0.2) is 79.9 Å². The molecule has 3 fully saturated rings. The molecule has 2 aromatic rings. The highest BCUT2D eigenvalue weighted by Gasteiger charge is 2.77. The highest BCUT2D eigenvalue weighted by atomic mass is 35.5. The van der Waals surface area contributed by atoms with Gasteiger partial charge in [-0.2, -0.15) is 0 Å². The standard InChI is InChI=1S/C35H42ClN3O4S/c1-6-17-37(25-11-9-8-10-12-25)32(41)29-28-20-23(5)35(44-28)30(29)33(42)39(27(21-40)19-22(3)4)31(35)34(43)38(18-7-2)26-15-13-24(36)14-16-26/h6-16,22-23,27-31,40H,1-2,17-21H2,3-5H3/t23?,27-,28+,29-,30+,31?,35?/m1/s1. The number of hydrogen-bond acceptors (Lipinski definition) is 5. The molecular formula is C35H42ClN3O4S. The SMILES string of the molecule is C=CCN(C(=O)C1N([C@@H](CO)CC(C)C)C(=O)[C@@H]2[C@H](C(=O)N(CC=C)c3ccccc3)[C@@H]3CC(C)C12S3)c1ccc(Cl)cc1. The molecule has 3 amide bonds. The van der Waals surface area contributed by atoms with Crippen molar-refractivity contribution in [3.63, 3.8) is 0 Å². The molecule has 9 heteroatoms. The molecule has 0 aromatic heterocycles. The fourth-order valence-corrected chi connectivity index (χ4v) is 10.2. The molecule has 3 aliphatic heterocycles. The Balaban J connectivity index is 1.63. The van der Waals surface area contributed by atoms with Crippen molar-refractivity contribution in [1.29, 1.82) is 0 Å². The predicted molar refractivity (Wildman–Crippen MR) is 179 cm³/mol. The molecule has 1 spiro atoms. The van der Waals surface area contributed by atoms with Crippen LogP contribution in [0.5, 0.6) is 0 Å². The third-order valence-corrected chi connectivity index (χ3v) is 11.7. The van der Waals surface area contributed by atoms with Gasteiger partial charge in [0.1, 0.15) is 6.04 Å². The maximum Gasteiger partial charge on any atom is 0.251 e. The van der Waals surface area contributed by atoms with Gasteiger partial charge in [0.05, 0.1) is 29.2 Å². The first-order valence-corrected chi connectivity index (χ1v) is 16.6. The Morgan fingerprint density at radius 1 is 1.05 bits per heavy atom. The summed E-state index contributed by atoms with van der Waals surface area (Å²) in [5, 5.41) is 11.1. The van der Waals surface area contributed by atoms with Crippen LogP contribution >= 0.6 is 23.4 Å². The Hall–Kier alpha value is -3.07. The molecule has 0 saturated carbocycles. The first kappa shape index (κ1) is 32.3. The number of carbonyl (C=O) groups excluding carboxylic acids is 3. The molecule has 0 radical (unpaired) electrons. The predicted octanol–water partition coefficient (Wildman–Crippen LogP) is 5.82. The normalized spacial score (nSPS) is 27.7. The highest BCUT2D eigenvalue weighted by Crippen LogP contribution is 2.69. The van der Waals surface area contributed by atoms with Crippen molar-refractivity contribution in [1.82, 2.24) is 4.90 Å². The van der Waals surface area contributed by atoms with E-state index in [-0.39, 0.29) is 48.0 Å². The van der Waals surface area contributed by atoms with Crippen LogP contribution in [0.4, 0.5) is 11.4 Å². The number of rotatable bonds is 12. The van der Waals surface area contributed by atoms with Gasteiger partial charge in [-0.25, -0.2) is 0 Å². The zero-order valence-corrected chi connectivity index (χ0v) is 27.2. The fraction of sp³-hybridized carbons (Fsp3) is 0.457. The molecule has 2 bridgehead atoms. The van der Waals surface area contributed by atoms with Crippen LogP contribution in [-0.4, -0.2) is 69.5 Å². The first-order chi connectivity index (χ1) is 21.1. The minimum absolute atomic E-state index is 0.00628. The summed E-state index contributed by atoms with van der Waals surface area (Å²) in [5.41, 5.74) is 1.39. The summed E-state index contributed by atoms with van der Waals surface area (Å²) in [6, 6.07) is 15.1. The molecule has 7 nitrogen and oxygen atoms in total. The molecule has 2 aromatic carbocycles. The maximum atomic E-state index is 14.9. The van der Waals surface area contributed by atoms with Crippen molar-refractivity contribution >= 4 is 52.5 Å². The van der Waals surface area contributed by atoms with E-state index in [0.29, 0.717) is 23.7 Å². The minimum atomic E-state index is -0.862. The van der Waals surface area contributed by atoms with Gasteiger partial charge in [0.2, 0.25) is 11.8 Å². The Kier molecular flexibility index (Phi) is 9.64. The van der Waals surface area contributed by atoms with Crippen LogP contribution in [0.1, 0.15) is 33.6 Å². The molecule has 1 N–H and O–H groups in total. The maximum absolute atomic E-state index is 14.9. The number of aliphatic hydroxyl groups is 1. The number of carbonyl (C=O) groups is 3. The van der Waals surface area contributed by atoms with Crippen molar-refractivity contribution in [2.45, 2.75) is 55.7 Å². The Morgan fingerprint density at radius 2 is 1.64 bits per heavy atom. The van der Waals surface area contributed by atoms with E-state index in [0.717, 1.165) is 12.1 Å². The fourth-order valence-electron chi connectivity index (χ4n) is 7.69. The van der Waals surface area contributed by atoms with Gasteiger partial charge in [0.25, 0.3) is 5.91 Å². The van der Waals surface area contributed by atoms with Crippen LogP contribution in [-0.2, 0) is 14.4 Å². The second kappa shape index (κ2) is 13.1. The van der Waals surface area contributed by atoms with Crippen LogP contribution in [0.2, 0.25) is 5.02 Å². The molecule has 3 heterocycles. The van der Waals surface area contributed by atoms with E-state index >= 15 is 0 Å². The topological polar surface area (TPSA) is 81.2 Å². The van der Waals surface area contributed by atoms with E-state index in [1.807, 2.05) is 44.2 Å². The lowest BCUT2D eigenvalue weighted by molar-refractivity contribution is -0.142. The number of para-hydroxylation sites is 1. The zero-order chi connectivity index (χ0) is 31.8. The molecule has 7 atom stereocenters. The number of likely N-dealkylation sites (tertiary alicyclic amines) is 1. The molecule has 0 aliphatic carbocycles. The third-order valence-electron chi connectivity index (χ3n) is 9.41. The number of halogens is 1. The average Bonchev–Trinajstić information content (AvgIpc) is 3.61. The first-order valence-electron chi connectivity index (χ1n) is 15.4. The minimum Gasteiger partial charge on any atom is -0.394 e. The van der Waals surface area contributed by atoms with Gasteiger partial charge in [0.15, 0.2) is 0 Å². The summed E-state index contributed by atoms with van der Waals surface area (Å²) in [6.45, 7) is 14.2. The number of nitrogens with zero attached hydrogens (tertiary/aromatic N) is 3. The largest absolute Gasteiger partial charge is 0.394 e. The van der Waals surface area contributed by atoms with Crippen molar-refractivity contribution in [2.75, 3.05) is 29.5 Å². The Morgan fingerprint density at radius 3 is 2.20 bits per heavy atom. The van der Waals surface area contributed by atoms with E-state index in [9.17, 15) is 19.5 Å². The van der Waals surface area contributed by atoms with Gasteiger partial charge < -0.3 is 19.8 Å². The van der Waals surface area contributed by atoms with E-state index in [2.05, 4.69) is 20.1 Å². The van der Waals surface area contributed by atoms with Crippen molar-refractivity contribution in [3.05, 3.63) is 84.9 Å². The number of anilines is 2. The quantitative estimate of drug-likeness (QED) is 0.297. The molecule has 44 heavy (non-hydrogen) atoms. The summed E-state index contributed by atoms with van der Waals surface area (Å²) in [5.74, 6) is -1.71. The second-order valence-corrected chi connectivity index (χ2v) is 14.5. The third kappa shape index (κ3) is 5.39. The van der Waals surface area contributed by atoms with Crippen molar-refractivity contribution < 1.29 is 19.5 Å². The summed E-state index contributed by atoms with van der Waals surface area (Å²) in [6.07, 6.45) is 4.62. The zero-order valence-electron chi connectivity index (χ0n) is 25.6. The van der Waals surface area contributed by atoms with Gasteiger partial charge in [0, 0.05) is 34.7 Å². The van der Waals surface area contributed by atoms with Gasteiger partial charge >= 0.3 is 0 Å². The lowest BCUT2D eigenvalue weighted by Crippen LogP contribution is -2.59. The molecule has 5 rings (SSSR count). The van der Waals surface area contributed by atoms with Crippen LogP contribution in [0.3, 0.4) is 0 Å². The Bertz CT molecular complexity index is 1400. The second-order valence-electron chi connectivity index (χ2n) is 12.6. The van der Waals surface area contributed by atoms with E-state index < -0.39 is 28.7 Å². The van der Waals surface area contributed by atoms with Gasteiger partial charge in [-0.1, -0.05) is 62.7 Å². The summed E-state index contributed by atoms with van der Waals surface area (Å²) >= 11 is 7.82. The van der Waals surface area contributed by atoms with Gasteiger partial charge in [-0.15, -0.1) is 24.9 Å². The molecular weight excluding hydrogens is 594 g/mol. The number of benzene rings is 2. The van der Waals surface area contributed by atoms with Crippen molar-refractivity contribution in [2.24, 2.45) is 23.7 Å². The summed E-state index contributed by atoms with van der Waals surface area (Å²) in [7, 11) is 0. The number of fused-ring (bicyclic) bond motifs is 1. The summed E-state index contributed by atoms with van der Waals surface area (Å²) in [4.78, 5) is 49.3. The number of amides is 3. The highest BCUT2D eigenvalue weighted by molar-refractivity contribution is 8.02. The number of hydrogen-bond donors (Lipinski definition) is 1. The molecule has 3 unspecified atom stereocenters. The van der Waals surface area contributed by atoms with Gasteiger partial charge in [-0.05, 0) is 61.1 Å². The average molecular weight is 636 g/mol. The molecule has 3 saturated heterocycles. The monoisotopic (exact) mass is 635 g/mol. The van der Waals surface area contributed by atoms with Gasteiger partial charge in [-0.3, -0.25) is 14.4 Å². The van der Waals surface area contributed by atoms with E-state index in [4.69, 9.17) is 11.6 Å². The number of aliphatic hydroxyl groups excluding tert-OH is 1. The van der Waals surface area contributed by atoms with Crippen molar-refractivity contribution in [3.8, 4) is 0 Å². The lowest BCUT2D eigenvalue weighted by atomic mass is 9.65. The number of thioether (sulfide) groups is 1. The van der Waals surface area contributed by atoms with Crippen LogP contribution < -0.4 is 9.80 Å².